The summed E-state index contributed by atoms with van der Waals surface area (Å²) >= 11 is 2.17. The molecule has 1 aliphatic rings. The third-order valence-corrected chi connectivity index (χ3v) is 6.22. The van der Waals surface area contributed by atoms with Crippen LogP contribution in [0.4, 0.5) is 11.4 Å². The van der Waals surface area contributed by atoms with Gasteiger partial charge in [-0.25, -0.2) is 8.42 Å². The molecule has 0 atom stereocenters. The quantitative estimate of drug-likeness (QED) is 0.633. The number of sulfonamides is 1. The lowest BCUT2D eigenvalue weighted by molar-refractivity contribution is -0.114. The maximum atomic E-state index is 12.5. The van der Waals surface area contributed by atoms with Crippen LogP contribution in [0, 0.1) is 3.57 Å². The maximum absolute atomic E-state index is 12.5. The standard InChI is InChI=1S/C17H17IN2O5S/c1-2-26(22,23)20(14-7-8-15-16(9-14)25-11-24-15)10-17(21)19-13-5-3-12(18)4-6-13/h3-9H,2,10-11H2,1H3,(H,19,21). The van der Waals surface area contributed by atoms with Crippen molar-refractivity contribution in [2.24, 2.45) is 0 Å². The van der Waals surface area contributed by atoms with Gasteiger partial charge in [-0.2, -0.15) is 0 Å². The lowest BCUT2D eigenvalue weighted by atomic mass is 10.2. The van der Waals surface area contributed by atoms with E-state index in [1.54, 1.807) is 30.3 Å². The minimum atomic E-state index is -3.65. The number of nitrogens with one attached hydrogen (secondary N) is 1. The summed E-state index contributed by atoms with van der Waals surface area (Å²) in [5, 5.41) is 2.71. The van der Waals surface area contributed by atoms with Crippen LogP contribution in [0.25, 0.3) is 0 Å². The van der Waals surface area contributed by atoms with E-state index >= 15 is 0 Å². The average molecular weight is 488 g/mol. The molecule has 0 radical (unpaired) electrons. The van der Waals surface area contributed by atoms with Gasteiger partial charge in [-0.1, -0.05) is 0 Å². The minimum absolute atomic E-state index is 0.0899. The van der Waals surface area contributed by atoms with Crippen LogP contribution >= 0.6 is 22.6 Å². The summed E-state index contributed by atoms with van der Waals surface area (Å²) < 4.78 is 37.7. The highest BCUT2D eigenvalue weighted by Crippen LogP contribution is 2.36. The van der Waals surface area contributed by atoms with Gasteiger partial charge in [-0.3, -0.25) is 9.10 Å². The summed E-state index contributed by atoms with van der Waals surface area (Å²) in [5.74, 6) is 0.446. The molecule has 26 heavy (non-hydrogen) atoms. The Hall–Kier alpha value is -2.01. The number of fused-ring (bicyclic) bond motifs is 1. The fraction of sp³-hybridized carbons (Fsp3) is 0.235. The van der Waals surface area contributed by atoms with E-state index in [-0.39, 0.29) is 19.1 Å². The number of anilines is 2. The van der Waals surface area contributed by atoms with E-state index in [9.17, 15) is 13.2 Å². The molecule has 2 aromatic rings. The van der Waals surface area contributed by atoms with Crippen molar-refractivity contribution in [3.8, 4) is 11.5 Å². The molecular weight excluding hydrogens is 471 g/mol. The van der Waals surface area contributed by atoms with Crippen molar-refractivity contribution in [3.63, 3.8) is 0 Å². The molecule has 0 fully saturated rings. The number of nitrogens with zero attached hydrogens (tertiary/aromatic N) is 1. The van der Waals surface area contributed by atoms with Crippen molar-refractivity contribution in [1.29, 1.82) is 0 Å². The van der Waals surface area contributed by atoms with Crippen molar-refractivity contribution in [1.82, 2.24) is 0 Å². The first kappa shape index (κ1) is 18.8. The predicted octanol–water partition coefficient (Wildman–Crippen LogP) is 2.81. The fourth-order valence-corrected chi connectivity index (χ4v) is 3.83. The first-order valence-electron chi connectivity index (χ1n) is 7.84. The summed E-state index contributed by atoms with van der Waals surface area (Å²) in [6.07, 6.45) is 0. The van der Waals surface area contributed by atoms with E-state index in [0.717, 1.165) is 7.88 Å². The molecule has 0 aliphatic carbocycles. The molecule has 1 aliphatic heterocycles. The van der Waals surface area contributed by atoms with E-state index in [0.29, 0.717) is 22.9 Å². The Labute approximate surface area is 165 Å². The molecule has 1 amide bonds. The largest absolute Gasteiger partial charge is 0.454 e. The molecule has 0 unspecified atom stereocenters. The molecule has 1 N–H and O–H groups in total. The molecule has 0 bridgehead atoms. The van der Waals surface area contributed by atoms with Gasteiger partial charge < -0.3 is 14.8 Å². The molecule has 0 saturated heterocycles. The molecule has 0 spiro atoms. The second kappa shape index (κ2) is 7.70. The van der Waals surface area contributed by atoms with Crippen LogP contribution < -0.4 is 19.1 Å². The smallest absolute Gasteiger partial charge is 0.245 e. The Bertz CT molecular complexity index is 915. The summed E-state index contributed by atoms with van der Waals surface area (Å²) in [7, 11) is -3.65. The van der Waals surface area contributed by atoms with Crippen LogP contribution in [-0.2, 0) is 14.8 Å². The summed E-state index contributed by atoms with van der Waals surface area (Å²) in [6, 6.07) is 12.0. The van der Waals surface area contributed by atoms with Crippen LogP contribution in [0.5, 0.6) is 11.5 Å². The van der Waals surface area contributed by atoms with Crippen molar-refractivity contribution in [3.05, 3.63) is 46.0 Å². The number of carbonyl (C=O) groups excluding carboxylic acids is 1. The van der Waals surface area contributed by atoms with Crippen molar-refractivity contribution in [2.45, 2.75) is 6.92 Å². The topological polar surface area (TPSA) is 84.9 Å². The first-order chi connectivity index (χ1) is 12.4. The number of rotatable bonds is 6. The van der Waals surface area contributed by atoms with Crippen molar-refractivity contribution in [2.75, 3.05) is 28.7 Å². The highest BCUT2D eigenvalue weighted by Gasteiger charge is 2.25. The molecule has 0 saturated carbocycles. The molecule has 3 rings (SSSR count). The highest BCUT2D eigenvalue weighted by atomic mass is 127. The number of hydrogen-bond acceptors (Lipinski definition) is 5. The third kappa shape index (κ3) is 4.21. The number of halogens is 1. The molecular formula is C17H17IN2O5S. The fourth-order valence-electron chi connectivity index (χ4n) is 2.41. The van der Waals surface area contributed by atoms with E-state index in [1.165, 1.54) is 6.92 Å². The minimum Gasteiger partial charge on any atom is -0.454 e. The van der Waals surface area contributed by atoms with Gasteiger partial charge >= 0.3 is 0 Å². The lowest BCUT2D eigenvalue weighted by Crippen LogP contribution is -2.39. The average Bonchev–Trinajstić information content (AvgIpc) is 3.09. The van der Waals surface area contributed by atoms with Gasteiger partial charge in [0.1, 0.15) is 6.54 Å². The maximum Gasteiger partial charge on any atom is 0.245 e. The van der Waals surface area contributed by atoms with Crippen molar-refractivity contribution < 1.29 is 22.7 Å². The number of amides is 1. The number of hydrogen-bond donors (Lipinski definition) is 1. The Balaban J connectivity index is 1.83. The van der Waals surface area contributed by atoms with Crippen LogP contribution in [0.1, 0.15) is 6.92 Å². The van der Waals surface area contributed by atoms with Crippen LogP contribution in [0.3, 0.4) is 0 Å². The van der Waals surface area contributed by atoms with Gasteiger partial charge in [0.05, 0.1) is 11.4 Å². The summed E-state index contributed by atoms with van der Waals surface area (Å²) in [6.45, 7) is 1.29. The molecule has 1 heterocycles. The normalized spacial score (nSPS) is 12.7. The van der Waals surface area contributed by atoms with Crippen LogP contribution in [0.2, 0.25) is 0 Å². The molecule has 9 heteroatoms. The first-order valence-corrected chi connectivity index (χ1v) is 10.5. The molecule has 0 aromatic heterocycles. The highest BCUT2D eigenvalue weighted by molar-refractivity contribution is 14.1. The Morgan fingerprint density at radius 1 is 1.15 bits per heavy atom. The monoisotopic (exact) mass is 488 g/mol. The van der Waals surface area contributed by atoms with Gasteiger partial charge in [-0.05, 0) is 65.9 Å². The number of benzene rings is 2. The van der Waals surface area contributed by atoms with Gasteiger partial charge in [0.15, 0.2) is 11.5 Å². The second-order valence-corrected chi connectivity index (χ2v) is 8.93. The van der Waals surface area contributed by atoms with E-state index in [2.05, 4.69) is 27.9 Å². The Kier molecular flexibility index (Phi) is 5.56. The van der Waals surface area contributed by atoms with Crippen LogP contribution in [0.15, 0.2) is 42.5 Å². The molecule has 7 nitrogen and oxygen atoms in total. The van der Waals surface area contributed by atoms with Gasteiger partial charge in [0, 0.05) is 15.3 Å². The summed E-state index contributed by atoms with van der Waals surface area (Å²) in [4.78, 5) is 12.4. The summed E-state index contributed by atoms with van der Waals surface area (Å²) in [5.41, 5.74) is 0.962. The Morgan fingerprint density at radius 2 is 1.85 bits per heavy atom. The molecule has 138 valence electrons. The van der Waals surface area contributed by atoms with Gasteiger partial charge in [0.2, 0.25) is 22.7 Å². The zero-order valence-corrected chi connectivity index (χ0v) is 16.9. The lowest BCUT2D eigenvalue weighted by Gasteiger charge is -2.23. The predicted molar refractivity (Wildman–Crippen MR) is 107 cm³/mol. The van der Waals surface area contributed by atoms with E-state index in [1.807, 2.05) is 12.1 Å². The van der Waals surface area contributed by atoms with E-state index in [4.69, 9.17) is 9.47 Å². The zero-order chi connectivity index (χ0) is 18.7. The molecule has 2 aromatic carbocycles. The SMILES string of the molecule is CCS(=O)(=O)N(CC(=O)Nc1ccc(I)cc1)c1ccc2c(c1)OCO2. The number of ether oxygens (including phenoxy) is 2. The van der Waals surface area contributed by atoms with Gasteiger partial charge in [0.25, 0.3) is 0 Å². The van der Waals surface area contributed by atoms with Crippen LogP contribution in [-0.4, -0.2) is 33.4 Å². The van der Waals surface area contributed by atoms with E-state index < -0.39 is 15.9 Å². The number of carbonyl (C=O) groups is 1. The van der Waals surface area contributed by atoms with Crippen molar-refractivity contribution >= 4 is 49.9 Å². The Morgan fingerprint density at radius 3 is 2.54 bits per heavy atom. The zero-order valence-electron chi connectivity index (χ0n) is 13.9. The second-order valence-electron chi connectivity index (χ2n) is 5.50. The third-order valence-electron chi connectivity index (χ3n) is 3.76. The van der Waals surface area contributed by atoms with Gasteiger partial charge in [-0.15, -0.1) is 0 Å².